The van der Waals surface area contributed by atoms with Gasteiger partial charge in [-0.2, -0.15) is 15.4 Å². The van der Waals surface area contributed by atoms with Crippen LogP contribution < -0.4 is 5.32 Å². The average molecular weight is 505 g/mol. The zero-order valence-electron chi connectivity index (χ0n) is 20.9. The number of carbonyl (C=O) groups is 2. The summed E-state index contributed by atoms with van der Waals surface area (Å²) in [5.74, 6) is -0.671. The molecule has 5 rings (SSSR count). The molecule has 10 heteroatoms. The minimum atomic E-state index is -0.896. The van der Waals surface area contributed by atoms with E-state index in [1.165, 1.54) is 4.90 Å². The van der Waals surface area contributed by atoms with Crippen molar-refractivity contribution in [2.24, 2.45) is 5.92 Å². The lowest BCUT2D eigenvalue weighted by atomic mass is 10.00. The van der Waals surface area contributed by atoms with Crippen molar-refractivity contribution in [2.45, 2.75) is 57.8 Å². The maximum atomic E-state index is 13.8. The molecule has 194 valence electrons. The number of nitrogens with one attached hydrogen (secondary N) is 2. The van der Waals surface area contributed by atoms with E-state index in [0.29, 0.717) is 13.1 Å². The maximum Gasteiger partial charge on any atom is 0.243 e. The van der Waals surface area contributed by atoms with Crippen molar-refractivity contribution in [3.8, 4) is 11.3 Å². The fourth-order valence-corrected chi connectivity index (χ4v) is 5.37. The second kappa shape index (κ2) is 10.4. The number of likely N-dealkylation sites (tertiary alicyclic amines) is 1. The summed E-state index contributed by atoms with van der Waals surface area (Å²) in [5.41, 5.74) is 4.32. The molecule has 0 aliphatic carbocycles. The quantitative estimate of drug-likeness (QED) is 0.384. The molecule has 1 unspecified atom stereocenters. The molecule has 0 saturated carbocycles. The molecule has 10 nitrogen and oxygen atoms in total. The molecule has 1 fully saturated rings. The lowest BCUT2D eigenvalue weighted by molar-refractivity contribution is -0.149. The van der Waals surface area contributed by atoms with E-state index in [2.05, 4.69) is 20.7 Å². The van der Waals surface area contributed by atoms with E-state index in [1.54, 1.807) is 11.1 Å². The highest BCUT2D eigenvalue weighted by atomic mass is 16.3. The number of rotatable bonds is 7. The summed E-state index contributed by atoms with van der Waals surface area (Å²) in [5, 5.41) is 34.8. The maximum absolute atomic E-state index is 13.8. The molecule has 1 saturated heterocycles. The largest absolute Gasteiger partial charge is 0.391 e. The first-order chi connectivity index (χ1) is 17.8. The lowest BCUT2D eigenvalue weighted by Crippen LogP contribution is -2.54. The number of fused-ring (bicyclic) bond motifs is 1. The van der Waals surface area contributed by atoms with Gasteiger partial charge < -0.3 is 20.4 Å². The van der Waals surface area contributed by atoms with Crippen LogP contribution in [-0.2, 0) is 22.7 Å². The number of carbonyl (C=O) groups excluding carboxylic acids is 2. The molecule has 3 aromatic rings. The Bertz CT molecular complexity index is 1250. The fourth-order valence-electron chi connectivity index (χ4n) is 5.37. The molecule has 2 aromatic carbocycles. The molecule has 3 heterocycles. The van der Waals surface area contributed by atoms with Crippen molar-refractivity contribution in [1.29, 1.82) is 0 Å². The standard InChI is InChI=1S/C27H32N6O4/c1-16(2)24(33-14-19-5-3-4-6-21(19)26(33)36)27(37)32-15-20(34)11-23(32)25(35)28-12-17-7-9-18(10-8-17)22-13-29-31-30-22/h3-10,13,16,20,23-24,26,34,36H,11-12,14-15H2,1-2H3,(H,28,35)(H,29,30,31)/t20-,23+,24+,26?/m1/s1. The van der Waals surface area contributed by atoms with E-state index < -0.39 is 24.4 Å². The van der Waals surface area contributed by atoms with Gasteiger partial charge in [0.15, 0.2) is 0 Å². The number of nitrogens with zero attached hydrogens (tertiary/aromatic N) is 4. The minimum absolute atomic E-state index is 0.0867. The molecule has 0 radical (unpaired) electrons. The number of hydrogen-bond acceptors (Lipinski definition) is 7. The Morgan fingerprint density at radius 2 is 1.89 bits per heavy atom. The molecular weight excluding hydrogens is 472 g/mol. The first-order valence-electron chi connectivity index (χ1n) is 12.6. The van der Waals surface area contributed by atoms with E-state index >= 15 is 0 Å². The second-order valence-electron chi connectivity index (χ2n) is 10.1. The van der Waals surface area contributed by atoms with Gasteiger partial charge in [0, 0.05) is 31.6 Å². The Morgan fingerprint density at radius 3 is 2.57 bits per heavy atom. The smallest absolute Gasteiger partial charge is 0.243 e. The fraction of sp³-hybridized carbons (Fsp3) is 0.407. The van der Waals surface area contributed by atoms with Gasteiger partial charge in [0.25, 0.3) is 0 Å². The monoisotopic (exact) mass is 504 g/mol. The van der Waals surface area contributed by atoms with Gasteiger partial charge >= 0.3 is 0 Å². The van der Waals surface area contributed by atoms with Crippen molar-refractivity contribution < 1.29 is 19.8 Å². The third kappa shape index (κ3) is 5.00. The summed E-state index contributed by atoms with van der Waals surface area (Å²) in [6, 6.07) is 13.8. The summed E-state index contributed by atoms with van der Waals surface area (Å²) in [6.07, 6.45) is 0.136. The summed E-state index contributed by atoms with van der Waals surface area (Å²) >= 11 is 0. The number of aliphatic hydroxyl groups is 2. The SMILES string of the molecule is CC(C)[C@@H](C(=O)N1C[C@H](O)C[C@H]1C(=O)NCc1ccc(-c2cn[nH]n2)cc1)N1Cc2ccccc2C1O. The van der Waals surface area contributed by atoms with Crippen molar-refractivity contribution in [3.63, 3.8) is 0 Å². The van der Waals surface area contributed by atoms with Crippen LogP contribution in [0.4, 0.5) is 0 Å². The Kier molecular flexibility index (Phi) is 7.05. The van der Waals surface area contributed by atoms with Crippen molar-refractivity contribution >= 4 is 11.8 Å². The highest BCUT2D eigenvalue weighted by molar-refractivity contribution is 5.90. The van der Waals surface area contributed by atoms with Crippen molar-refractivity contribution in [3.05, 3.63) is 71.4 Å². The summed E-state index contributed by atoms with van der Waals surface area (Å²) < 4.78 is 0. The third-order valence-corrected chi connectivity index (χ3v) is 7.24. The van der Waals surface area contributed by atoms with Crippen molar-refractivity contribution in [2.75, 3.05) is 6.54 Å². The van der Waals surface area contributed by atoms with Gasteiger partial charge in [0.05, 0.1) is 18.3 Å². The first kappa shape index (κ1) is 25.1. The summed E-state index contributed by atoms with van der Waals surface area (Å²) in [4.78, 5) is 30.3. The Labute approximate surface area is 215 Å². The van der Waals surface area contributed by atoms with E-state index in [-0.39, 0.29) is 30.7 Å². The number of benzene rings is 2. The number of aliphatic hydroxyl groups excluding tert-OH is 2. The van der Waals surface area contributed by atoms with E-state index in [1.807, 2.05) is 62.4 Å². The van der Waals surface area contributed by atoms with Crippen LogP contribution in [0.5, 0.6) is 0 Å². The molecule has 2 aliphatic heterocycles. The predicted octanol–water partition coefficient (Wildman–Crippen LogP) is 1.58. The normalized spacial score (nSPS) is 22.3. The van der Waals surface area contributed by atoms with Crippen LogP contribution >= 0.6 is 0 Å². The van der Waals surface area contributed by atoms with Gasteiger partial charge in [0.1, 0.15) is 18.0 Å². The average Bonchev–Trinajstić information content (AvgIpc) is 3.63. The minimum Gasteiger partial charge on any atom is -0.391 e. The molecule has 4 N–H and O–H groups in total. The van der Waals surface area contributed by atoms with Crippen LogP contribution in [0.3, 0.4) is 0 Å². The molecular formula is C27H32N6O4. The first-order valence-corrected chi connectivity index (χ1v) is 12.6. The highest BCUT2D eigenvalue weighted by Gasteiger charge is 2.46. The van der Waals surface area contributed by atoms with Gasteiger partial charge in [-0.25, -0.2) is 0 Å². The highest BCUT2D eigenvalue weighted by Crippen LogP contribution is 2.36. The van der Waals surface area contributed by atoms with Gasteiger partial charge in [-0.1, -0.05) is 62.4 Å². The van der Waals surface area contributed by atoms with Crippen LogP contribution in [0.15, 0.2) is 54.7 Å². The molecule has 2 aliphatic rings. The van der Waals surface area contributed by atoms with Crippen LogP contribution in [0.2, 0.25) is 0 Å². The zero-order chi connectivity index (χ0) is 26.1. The zero-order valence-corrected chi connectivity index (χ0v) is 20.9. The van der Waals surface area contributed by atoms with Crippen LogP contribution in [0, 0.1) is 5.92 Å². The second-order valence-corrected chi connectivity index (χ2v) is 10.1. The van der Waals surface area contributed by atoms with Gasteiger partial charge in [-0.05, 0) is 22.6 Å². The van der Waals surface area contributed by atoms with Gasteiger partial charge in [-0.15, -0.1) is 0 Å². The van der Waals surface area contributed by atoms with E-state index in [4.69, 9.17) is 0 Å². The van der Waals surface area contributed by atoms with Crippen LogP contribution in [0.25, 0.3) is 11.3 Å². The number of aromatic amines is 1. The lowest BCUT2D eigenvalue weighted by Gasteiger charge is -2.36. The van der Waals surface area contributed by atoms with Crippen LogP contribution in [0.1, 0.15) is 43.2 Å². The Balaban J connectivity index is 1.27. The molecule has 0 bridgehead atoms. The van der Waals surface area contributed by atoms with Gasteiger partial charge in [-0.3, -0.25) is 14.5 Å². The van der Waals surface area contributed by atoms with Crippen molar-refractivity contribution in [1.82, 2.24) is 30.5 Å². The number of amides is 2. The number of aromatic nitrogens is 3. The Hall–Kier alpha value is -3.60. The van der Waals surface area contributed by atoms with E-state index in [0.717, 1.165) is 27.9 Å². The summed E-state index contributed by atoms with van der Waals surface area (Å²) in [6.45, 7) is 4.69. The van der Waals surface area contributed by atoms with Crippen LogP contribution in [-0.4, -0.2) is 72.0 Å². The number of hydrogen-bond donors (Lipinski definition) is 4. The molecule has 1 aromatic heterocycles. The third-order valence-electron chi connectivity index (χ3n) is 7.24. The van der Waals surface area contributed by atoms with Gasteiger partial charge in [0.2, 0.25) is 11.8 Å². The molecule has 4 atom stereocenters. The topological polar surface area (TPSA) is 135 Å². The molecule has 0 spiro atoms. The number of β-amino-alcohol motifs (C(OH)–C–C–N with tert-alkyl or cyclic N) is 1. The molecule has 37 heavy (non-hydrogen) atoms. The molecule has 2 amide bonds. The predicted molar refractivity (Wildman–Crippen MR) is 135 cm³/mol. The number of H-pyrrole nitrogens is 1. The van der Waals surface area contributed by atoms with E-state index in [9.17, 15) is 19.8 Å². The Morgan fingerprint density at radius 1 is 1.14 bits per heavy atom. The summed E-state index contributed by atoms with van der Waals surface area (Å²) in [7, 11) is 0.